The number of hydrogen-bond acceptors (Lipinski definition) is 4. The van der Waals surface area contributed by atoms with E-state index in [0.29, 0.717) is 0 Å². The number of rotatable bonds is 5. The van der Waals surface area contributed by atoms with Crippen LogP contribution < -0.4 is 5.32 Å². The number of hydrogen-bond donors (Lipinski definition) is 1. The van der Waals surface area contributed by atoms with Gasteiger partial charge in [-0.1, -0.05) is 6.92 Å². The summed E-state index contributed by atoms with van der Waals surface area (Å²) in [6.07, 6.45) is 3.06. The summed E-state index contributed by atoms with van der Waals surface area (Å²) in [7, 11) is 1.88. The van der Waals surface area contributed by atoms with Crippen LogP contribution in [0.15, 0.2) is 6.20 Å². The number of nitrogens with one attached hydrogen (secondary N) is 1. The lowest BCUT2D eigenvalue weighted by molar-refractivity contribution is 1.02. The average molecular weight is 323 g/mol. The van der Waals surface area contributed by atoms with Crippen molar-refractivity contribution < 1.29 is 0 Å². The third-order valence-corrected chi connectivity index (χ3v) is 3.56. The molecule has 0 saturated heterocycles. The third-order valence-electron chi connectivity index (χ3n) is 1.61. The SMILES string of the molecule is CCCSCc1ncc(I)c(NC)n1. The lowest BCUT2D eigenvalue weighted by Gasteiger charge is -2.04. The van der Waals surface area contributed by atoms with Gasteiger partial charge in [0.2, 0.25) is 0 Å². The largest absolute Gasteiger partial charge is 0.372 e. The molecule has 3 nitrogen and oxygen atoms in total. The second-order valence-corrected chi connectivity index (χ2v) is 5.05. The molecular formula is C9H14IN3S. The summed E-state index contributed by atoms with van der Waals surface area (Å²) in [5.41, 5.74) is 0. The minimum Gasteiger partial charge on any atom is -0.372 e. The molecule has 0 aromatic carbocycles. The first kappa shape index (κ1) is 12.0. The molecule has 0 spiro atoms. The van der Waals surface area contributed by atoms with Crippen LogP contribution in [0.5, 0.6) is 0 Å². The first-order chi connectivity index (χ1) is 6.77. The van der Waals surface area contributed by atoms with Crippen LogP contribution in [0, 0.1) is 3.57 Å². The van der Waals surface area contributed by atoms with Gasteiger partial charge in [0.1, 0.15) is 11.6 Å². The van der Waals surface area contributed by atoms with Crippen LogP contribution in [0.4, 0.5) is 5.82 Å². The van der Waals surface area contributed by atoms with Crippen LogP contribution in [0.25, 0.3) is 0 Å². The van der Waals surface area contributed by atoms with Crippen molar-refractivity contribution in [2.45, 2.75) is 19.1 Å². The monoisotopic (exact) mass is 323 g/mol. The normalized spacial score (nSPS) is 10.2. The molecule has 1 N–H and O–H groups in total. The van der Waals surface area contributed by atoms with Crippen LogP contribution >= 0.6 is 34.4 Å². The van der Waals surface area contributed by atoms with E-state index in [1.54, 1.807) is 0 Å². The summed E-state index contributed by atoms with van der Waals surface area (Å²) in [5, 5.41) is 3.06. The molecular weight excluding hydrogens is 309 g/mol. The maximum absolute atomic E-state index is 4.41. The van der Waals surface area contributed by atoms with Gasteiger partial charge in [0.15, 0.2) is 0 Å². The van der Waals surface area contributed by atoms with Crippen LogP contribution in [0.3, 0.4) is 0 Å². The van der Waals surface area contributed by atoms with Crippen molar-refractivity contribution in [2.75, 3.05) is 18.1 Å². The van der Waals surface area contributed by atoms with E-state index in [4.69, 9.17) is 0 Å². The highest BCUT2D eigenvalue weighted by Crippen LogP contribution is 2.16. The molecule has 1 aromatic heterocycles. The predicted molar refractivity (Wildman–Crippen MR) is 70.7 cm³/mol. The van der Waals surface area contributed by atoms with E-state index in [-0.39, 0.29) is 0 Å². The summed E-state index contributed by atoms with van der Waals surface area (Å²) in [6.45, 7) is 2.18. The molecule has 5 heteroatoms. The fourth-order valence-electron chi connectivity index (χ4n) is 0.956. The Morgan fingerprint density at radius 1 is 1.57 bits per heavy atom. The minimum absolute atomic E-state index is 0.902. The molecule has 78 valence electrons. The maximum atomic E-state index is 4.41. The highest BCUT2D eigenvalue weighted by molar-refractivity contribution is 14.1. The molecule has 0 unspecified atom stereocenters. The van der Waals surface area contributed by atoms with Crippen molar-refractivity contribution in [1.29, 1.82) is 0 Å². The van der Waals surface area contributed by atoms with Crippen LogP contribution in [-0.4, -0.2) is 22.8 Å². The van der Waals surface area contributed by atoms with Crippen molar-refractivity contribution in [2.24, 2.45) is 0 Å². The Morgan fingerprint density at radius 2 is 2.36 bits per heavy atom. The molecule has 0 atom stereocenters. The molecule has 0 aliphatic heterocycles. The predicted octanol–water partition coefficient (Wildman–Crippen LogP) is 2.77. The fraction of sp³-hybridized carbons (Fsp3) is 0.556. The van der Waals surface area contributed by atoms with Gasteiger partial charge in [-0.05, 0) is 34.8 Å². The summed E-state index contributed by atoms with van der Waals surface area (Å²) in [6, 6.07) is 0. The van der Waals surface area contributed by atoms with Gasteiger partial charge < -0.3 is 5.32 Å². The Hall–Kier alpha value is -0.0400. The maximum Gasteiger partial charge on any atom is 0.142 e. The van der Waals surface area contributed by atoms with Gasteiger partial charge in [-0.15, -0.1) is 0 Å². The van der Waals surface area contributed by atoms with Gasteiger partial charge in [-0.25, -0.2) is 9.97 Å². The molecule has 0 saturated carbocycles. The van der Waals surface area contributed by atoms with Crippen LogP contribution in [0.2, 0.25) is 0 Å². The van der Waals surface area contributed by atoms with Crippen molar-refractivity contribution in [3.05, 3.63) is 15.6 Å². The summed E-state index contributed by atoms with van der Waals surface area (Å²) in [4.78, 5) is 8.69. The van der Waals surface area contributed by atoms with Crippen molar-refractivity contribution in [3.8, 4) is 0 Å². The zero-order valence-electron chi connectivity index (χ0n) is 8.38. The minimum atomic E-state index is 0.902. The molecule has 1 rings (SSSR count). The van der Waals surface area contributed by atoms with E-state index in [9.17, 15) is 0 Å². The number of thioether (sulfide) groups is 1. The molecule has 0 aliphatic rings. The van der Waals surface area contributed by atoms with Gasteiger partial charge in [-0.2, -0.15) is 11.8 Å². The van der Waals surface area contributed by atoms with E-state index >= 15 is 0 Å². The second kappa shape index (κ2) is 6.44. The van der Waals surface area contributed by atoms with Gasteiger partial charge in [-0.3, -0.25) is 0 Å². The lowest BCUT2D eigenvalue weighted by atomic mass is 10.5. The fourth-order valence-corrected chi connectivity index (χ4v) is 2.24. The van der Waals surface area contributed by atoms with Gasteiger partial charge >= 0.3 is 0 Å². The Kier molecular flexibility index (Phi) is 5.54. The Balaban J connectivity index is 2.60. The zero-order valence-corrected chi connectivity index (χ0v) is 11.4. The molecule has 0 fully saturated rings. The number of nitrogens with zero attached hydrogens (tertiary/aromatic N) is 2. The number of anilines is 1. The topological polar surface area (TPSA) is 37.8 Å². The van der Waals surface area contributed by atoms with Crippen molar-refractivity contribution in [1.82, 2.24) is 9.97 Å². The van der Waals surface area contributed by atoms with Gasteiger partial charge in [0.25, 0.3) is 0 Å². The second-order valence-electron chi connectivity index (χ2n) is 2.79. The number of halogens is 1. The molecule has 0 amide bonds. The van der Waals surface area contributed by atoms with E-state index in [2.05, 4.69) is 44.8 Å². The van der Waals surface area contributed by atoms with Crippen LogP contribution in [-0.2, 0) is 5.75 Å². The highest BCUT2D eigenvalue weighted by Gasteiger charge is 2.02. The Morgan fingerprint density at radius 3 is 3.00 bits per heavy atom. The molecule has 1 heterocycles. The summed E-state index contributed by atoms with van der Waals surface area (Å²) < 4.78 is 1.06. The van der Waals surface area contributed by atoms with E-state index in [0.717, 1.165) is 21.0 Å². The molecule has 0 radical (unpaired) electrons. The Labute approximate surface area is 103 Å². The first-order valence-corrected chi connectivity index (χ1v) is 6.78. The molecule has 1 aromatic rings. The van der Waals surface area contributed by atoms with E-state index < -0.39 is 0 Å². The summed E-state index contributed by atoms with van der Waals surface area (Å²) in [5.74, 6) is 3.91. The number of aromatic nitrogens is 2. The standard InChI is InChI=1S/C9H14IN3S/c1-3-4-14-6-8-12-5-7(10)9(11-2)13-8/h5H,3-4,6H2,1-2H3,(H,11,12,13). The highest BCUT2D eigenvalue weighted by atomic mass is 127. The molecule has 0 aliphatic carbocycles. The average Bonchev–Trinajstić information content (AvgIpc) is 2.21. The smallest absolute Gasteiger partial charge is 0.142 e. The third kappa shape index (κ3) is 3.61. The first-order valence-electron chi connectivity index (χ1n) is 4.54. The lowest BCUT2D eigenvalue weighted by Crippen LogP contribution is -2.01. The van der Waals surface area contributed by atoms with E-state index in [1.165, 1.54) is 12.2 Å². The zero-order chi connectivity index (χ0) is 10.4. The summed E-state index contributed by atoms with van der Waals surface area (Å²) >= 11 is 4.10. The van der Waals surface area contributed by atoms with Crippen molar-refractivity contribution >= 4 is 40.2 Å². The van der Waals surface area contributed by atoms with Gasteiger partial charge in [0.05, 0.1) is 9.32 Å². The molecule has 14 heavy (non-hydrogen) atoms. The van der Waals surface area contributed by atoms with Gasteiger partial charge in [0, 0.05) is 13.2 Å². The quantitative estimate of drug-likeness (QED) is 0.668. The molecule has 0 bridgehead atoms. The van der Waals surface area contributed by atoms with E-state index in [1.807, 2.05) is 25.0 Å². The van der Waals surface area contributed by atoms with Crippen molar-refractivity contribution in [3.63, 3.8) is 0 Å². The van der Waals surface area contributed by atoms with Crippen LogP contribution in [0.1, 0.15) is 19.2 Å². The Bertz CT molecular complexity index is 293.